The van der Waals surface area contributed by atoms with Gasteiger partial charge in [0.2, 0.25) is 5.91 Å². The van der Waals surface area contributed by atoms with Crippen molar-refractivity contribution < 1.29 is 4.79 Å². The number of rotatable bonds is 6. The van der Waals surface area contributed by atoms with Gasteiger partial charge >= 0.3 is 0 Å². The number of amides is 1. The first-order valence-electron chi connectivity index (χ1n) is 8.06. The van der Waals surface area contributed by atoms with Crippen LogP contribution in [-0.4, -0.2) is 52.2 Å². The number of aromatic nitrogens is 3. The van der Waals surface area contributed by atoms with Crippen LogP contribution < -0.4 is 10.2 Å². The summed E-state index contributed by atoms with van der Waals surface area (Å²) in [6.07, 6.45) is 4.04. The fourth-order valence-electron chi connectivity index (χ4n) is 3.06. The molecule has 0 radical (unpaired) electrons. The molecule has 0 bridgehead atoms. The molecule has 128 valence electrons. The van der Waals surface area contributed by atoms with Gasteiger partial charge in [-0.2, -0.15) is 5.10 Å². The van der Waals surface area contributed by atoms with Gasteiger partial charge in [-0.25, -0.2) is 4.98 Å². The van der Waals surface area contributed by atoms with Crippen molar-refractivity contribution in [3.05, 3.63) is 29.4 Å². The highest BCUT2D eigenvalue weighted by Gasteiger charge is 2.26. The van der Waals surface area contributed by atoms with E-state index in [0.29, 0.717) is 11.2 Å². The summed E-state index contributed by atoms with van der Waals surface area (Å²) in [5.74, 6) is 0.866. The van der Waals surface area contributed by atoms with Gasteiger partial charge in [-0.15, -0.1) is 16.4 Å². The predicted octanol–water partition coefficient (Wildman–Crippen LogP) is 1.99. The quantitative estimate of drug-likeness (QED) is 0.862. The Labute approximate surface area is 145 Å². The van der Waals surface area contributed by atoms with Crippen LogP contribution in [0.3, 0.4) is 0 Å². The lowest BCUT2D eigenvalue weighted by Crippen LogP contribution is -2.39. The van der Waals surface area contributed by atoms with E-state index in [2.05, 4.69) is 37.3 Å². The van der Waals surface area contributed by atoms with Gasteiger partial charge in [0.15, 0.2) is 10.9 Å². The zero-order chi connectivity index (χ0) is 16.9. The van der Waals surface area contributed by atoms with Crippen LogP contribution in [0.1, 0.15) is 25.5 Å². The van der Waals surface area contributed by atoms with Crippen LogP contribution in [0.5, 0.6) is 0 Å². The Morgan fingerprint density at radius 1 is 1.54 bits per heavy atom. The number of anilines is 2. The van der Waals surface area contributed by atoms with E-state index in [1.165, 1.54) is 24.7 Å². The second kappa shape index (κ2) is 7.67. The molecule has 1 saturated heterocycles. The standard InChI is InChI=1S/C16H22N6OS/c1-12(23)18-16-19-13(11-24-16)9-21(2)10-14-5-4-8-22(14)15-6-3-7-17-20-15/h3,6-7,11,14H,4-5,8-10H2,1-2H3,(H,18,19,23)/t14-/m1/s1. The Morgan fingerprint density at radius 3 is 3.17 bits per heavy atom. The van der Waals surface area contributed by atoms with Crippen LogP contribution in [-0.2, 0) is 11.3 Å². The molecule has 0 saturated carbocycles. The zero-order valence-electron chi connectivity index (χ0n) is 14.0. The lowest BCUT2D eigenvalue weighted by atomic mass is 10.2. The molecule has 1 amide bonds. The van der Waals surface area contributed by atoms with E-state index in [9.17, 15) is 4.79 Å². The molecule has 1 atom stereocenters. The molecule has 0 unspecified atom stereocenters. The molecule has 3 heterocycles. The van der Waals surface area contributed by atoms with Crippen LogP contribution >= 0.6 is 11.3 Å². The van der Waals surface area contributed by atoms with Crippen molar-refractivity contribution in [1.29, 1.82) is 0 Å². The highest BCUT2D eigenvalue weighted by molar-refractivity contribution is 7.13. The number of carbonyl (C=O) groups is 1. The molecule has 1 aliphatic rings. The third-order valence-electron chi connectivity index (χ3n) is 4.02. The van der Waals surface area contributed by atoms with Crippen molar-refractivity contribution in [3.8, 4) is 0 Å². The molecule has 0 aliphatic carbocycles. The highest BCUT2D eigenvalue weighted by Crippen LogP contribution is 2.24. The summed E-state index contributed by atoms with van der Waals surface area (Å²) in [6, 6.07) is 4.39. The molecule has 2 aromatic heterocycles. The number of thiazole rings is 1. The molecule has 1 N–H and O–H groups in total. The van der Waals surface area contributed by atoms with Crippen LogP contribution in [0.4, 0.5) is 10.9 Å². The van der Waals surface area contributed by atoms with Crippen molar-refractivity contribution in [1.82, 2.24) is 20.1 Å². The van der Waals surface area contributed by atoms with Gasteiger partial charge in [0.05, 0.1) is 5.69 Å². The number of nitrogens with one attached hydrogen (secondary N) is 1. The maximum atomic E-state index is 11.1. The molecular weight excluding hydrogens is 324 g/mol. The summed E-state index contributed by atoms with van der Waals surface area (Å²) in [4.78, 5) is 20.1. The lowest BCUT2D eigenvalue weighted by Gasteiger charge is -2.28. The second-order valence-corrected chi connectivity index (χ2v) is 6.95. The summed E-state index contributed by atoms with van der Waals surface area (Å²) in [5.41, 5.74) is 0.982. The molecule has 0 spiro atoms. The van der Waals surface area contributed by atoms with E-state index >= 15 is 0 Å². The van der Waals surface area contributed by atoms with Gasteiger partial charge in [0.25, 0.3) is 0 Å². The molecule has 7 nitrogen and oxygen atoms in total. The van der Waals surface area contributed by atoms with E-state index < -0.39 is 0 Å². The molecular formula is C16H22N6OS. The first-order chi connectivity index (χ1) is 11.6. The van der Waals surface area contributed by atoms with Crippen molar-refractivity contribution in [2.24, 2.45) is 0 Å². The van der Waals surface area contributed by atoms with E-state index in [1.807, 2.05) is 17.5 Å². The van der Waals surface area contributed by atoms with Crippen molar-refractivity contribution in [3.63, 3.8) is 0 Å². The van der Waals surface area contributed by atoms with Crippen LogP contribution in [0.2, 0.25) is 0 Å². The highest BCUT2D eigenvalue weighted by atomic mass is 32.1. The van der Waals surface area contributed by atoms with Crippen LogP contribution in [0.15, 0.2) is 23.7 Å². The van der Waals surface area contributed by atoms with Crippen LogP contribution in [0.25, 0.3) is 0 Å². The second-order valence-electron chi connectivity index (χ2n) is 6.09. The maximum absolute atomic E-state index is 11.1. The minimum absolute atomic E-state index is 0.0881. The van der Waals surface area contributed by atoms with Gasteiger partial charge in [0, 0.05) is 44.2 Å². The summed E-state index contributed by atoms with van der Waals surface area (Å²) in [7, 11) is 2.10. The van der Waals surface area contributed by atoms with E-state index in [-0.39, 0.29) is 5.91 Å². The molecule has 2 aromatic rings. The number of likely N-dealkylation sites (N-methyl/N-ethyl adjacent to an activating group) is 1. The Balaban J connectivity index is 1.57. The molecule has 24 heavy (non-hydrogen) atoms. The maximum Gasteiger partial charge on any atom is 0.223 e. The third kappa shape index (κ3) is 4.27. The van der Waals surface area contributed by atoms with Gasteiger partial charge in [0.1, 0.15) is 0 Å². The summed E-state index contributed by atoms with van der Waals surface area (Å²) in [5, 5.41) is 13.6. The Bertz CT molecular complexity index is 676. The van der Waals surface area contributed by atoms with E-state index in [1.54, 1.807) is 6.20 Å². The Kier molecular flexibility index (Phi) is 5.37. The summed E-state index contributed by atoms with van der Waals surface area (Å²) >= 11 is 1.46. The molecule has 3 rings (SSSR count). The fraction of sp³-hybridized carbons (Fsp3) is 0.500. The van der Waals surface area contributed by atoms with Crippen LogP contribution in [0, 0.1) is 0 Å². The molecule has 8 heteroatoms. The number of carbonyl (C=O) groups excluding carboxylic acids is 1. The number of nitrogens with zero attached hydrogens (tertiary/aromatic N) is 5. The predicted molar refractivity (Wildman–Crippen MR) is 95.2 cm³/mol. The molecule has 1 aliphatic heterocycles. The Hall–Kier alpha value is -2.06. The average molecular weight is 346 g/mol. The van der Waals surface area contributed by atoms with Gasteiger partial charge in [-0.3, -0.25) is 9.69 Å². The van der Waals surface area contributed by atoms with E-state index in [0.717, 1.165) is 37.6 Å². The minimum Gasteiger partial charge on any atom is -0.351 e. The van der Waals surface area contributed by atoms with Crippen molar-refractivity contribution in [2.45, 2.75) is 32.4 Å². The first-order valence-corrected chi connectivity index (χ1v) is 8.94. The van der Waals surface area contributed by atoms with Gasteiger partial charge in [-0.05, 0) is 32.0 Å². The average Bonchev–Trinajstić information content (AvgIpc) is 3.17. The van der Waals surface area contributed by atoms with Gasteiger partial charge < -0.3 is 10.2 Å². The summed E-state index contributed by atoms with van der Waals surface area (Å²) in [6.45, 7) is 4.24. The first kappa shape index (κ1) is 16.8. The van der Waals surface area contributed by atoms with Gasteiger partial charge in [-0.1, -0.05) is 0 Å². The molecule has 0 aromatic carbocycles. The van der Waals surface area contributed by atoms with Crippen molar-refractivity contribution >= 4 is 28.2 Å². The third-order valence-corrected chi connectivity index (χ3v) is 4.83. The number of hydrogen-bond acceptors (Lipinski definition) is 7. The largest absolute Gasteiger partial charge is 0.351 e. The zero-order valence-corrected chi connectivity index (χ0v) is 14.8. The minimum atomic E-state index is -0.0881. The Morgan fingerprint density at radius 2 is 2.42 bits per heavy atom. The topological polar surface area (TPSA) is 74.2 Å². The molecule has 1 fully saturated rings. The normalized spacial score (nSPS) is 17.5. The lowest BCUT2D eigenvalue weighted by molar-refractivity contribution is -0.114. The summed E-state index contributed by atoms with van der Waals surface area (Å²) < 4.78 is 0. The van der Waals surface area contributed by atoms with E-state index in [4.69, 9.17) is 0 Å². The van der Waals surface area contributed by atoms with Crippen molar-refractivity contribution in [2.75, 3.05) is 30.4 Å². The monoisotopic (exact) mass is 346 g/mol. The SMILES string of the molecule is CC(=O)Nc1nc(CN(C)C[C@H]2CCCN2c2cccnn2)cs1. The fourth-order valence-corrected chi connectivity index (χ4v) is 3.81. The number of hydrogen-bond donors (Lipinski definition) is 1. The smallest absolute Gasteiger partial charge is 0.223 e.